The molecular formula is C45H42N4O5. The van der Waals surface area contributed by atoms with E-state index < -0.39 is 0 Å². The zero-order chi connectivity index (χ0) is 36.8. The van der Waals surface area contributed by atoms with Crippen molar-refractivity contribution in [2.75, 3.05) is 32.2 Å². The van der Waals surface area contributed by atoms with Crippen molar-refractivity contribution in [2.45, 2.75) is 39.6 Å². The van der Waals surface area contributed by atoms with E-state index in [2.05, 4.69) is 70.3 Å². The summed E-state index contributed by atoms with van der Waals surface area (Å²) in [5.41, 5.74) is 17.7. The highest BCUT2D eigenvalue weighted by atomic mass is 16.5. The molecule has 0 saturated carbocycles. The minimum Gasteiger partial charge on any atom is -0.399 e. The van der Waals surface area contributed by atoms with E-state index in [1.807, 2.05) is 66.9 Å². The van der Waals surface area contributed by atoms with Gasteiger partial charge >= 0.3 is 0 Å². The second-order valence-corrected chi connectivity index (χ2v) is 12.9. The van der Waals surface area contributed by atoms with Crippen molar-refractivity contribution in [1.82, 2.24) is 15.0 Å². The molecule has 0 spiro atoms. The van der Waals surface area contributed by atoms with Gasteiger partial charge in [-0.2, -0.15) is 0 Å². The number of aromatic nitrogens is 3. The van der Waals surface area contributed by atoms with Gasteiger partial charge in [0.15, 0.2) is 0 Å². The molecule has 3 aromatic carbocycles. The van der Waals surface area contributed by atoms with Gasteiger partial charge in [0.25, 0.3) is 0 Å². The van der Waals surface area contributed by atoms with Crippen LogP contribution in [-0.4, -0.2) is 41.4 Å². The summed E-state index contributed by atoms with van der Waals surface area (Å²) < 4.78 is 29.4. The Hall–Kier alpha value is -5.73. The number of nitrogens with two attached hydrogens (primary N) is 1. The van der Waals surface area contributed by atoms with Gasteiger partial charge in [-0.25, -0.2) is 0 Å². The van der Waals surface area contributed by atoms with Crippen LogP contribution in [0.2, 0.25) is 0 Å². The molecule has 0 radical (unpaired) electrons. The summed E-state index contributed by atoms with van der Waals surface area (Å²) in [6.45, 7) is 4.71. The highest BCUT2D eigenvalue weighted by Gasteiger charge is 2.07. The zero-order valence-corrected chi connectivity index (χ0v) is 30.1. The van der Waals surface area contributed by atoms with E-state index in [9.17, 15) is 0 Å². The van der Waals surface area contributed by atoms with Crippen LogP contribution >= 0.6 is 0 Å². The monoisotopic (exact) mass is 718 g/mol. The Kier molecular flexibility index (Phi) is 12.8. The van der Waals surface area contributed by atoms with E-state index >= 15 is 0 Å². The van der Waals surface area contributed by atoms with Gasteiger partial charge in [0.05, 0.1) is 88.8 Å². The van der Waals surface area contributed by atoms with Crippen molar-refractivity contribution in [1.29, 1.82) is 0 Å². The van der Waals surface area contributed by atoms with Crippen LogP contribution in [0.3, 0.4) is 0 Å². The quantitative estimate of drug-likeness (QED) is 0.142. The minimum absolute atomic E-state index is 0.331. The molecule has 10 rings (SSSR count). The standard InChI is InChI=1S/C45H42N4O5/c46-41-15-12-39(13-16-41)40-14-18-45(48-26-40)44-17-11-33(25-47-44)1-10-38-23-42-31-53-29-36-6-2-34(3-7-36)27-51-21-19-50-20-22-52-28-35-4-8-37(9-5-35)30-54-32-43(24-38)49-42/h2-9,11-18,23-26H,19-22,27-32,46H2. The summed E-state index contributed by atoms with van der Waals surface area (Å²) in [7, 11) is 0. The Morgan fingerprint density at radius 1 is 0.426 bits per heavy atom. The van der Waals surface area contributed by atoms with Crippen LogP contribution in [0.25, 0.3) is 22.5 Å². The number of anilines is 1. The fraction of sp³-hybridized carbons (Fsp3) is 0.222. The number of rotatable bonds is 2. The Morgan fingerprint density at radius 2 is 0.889 bits per heavy atom. The number of pyridine rings is 3. The third-order valence-corrected chi connectivity index (χ3v) is 8.68. The van der Waals surface area contributed by atoms with Crippen LogP contribution in [0.1, 0.15) is 44.8 Å². The summed E-state index contributed by atoms with van der Waals surface area (Å²) in [6.07, 6.45) is 3.62. The van der Waals surface area contributed by atoms with Gasteiger partial charge in [0.1, 0.15) is 0 Å². The van der Waals surface area contributed by atoms with E-state index in [0.29, 0.717) is 66.1 Å². The lowest BCUT2D eigenvalue weighted by Gasteiger charge is -2.10. The molecule has 0 unspecified atom stereocenters. The van der Waals surface area contributed by atoms with Crippen LogP contribution in [0.5, 0.6) is 0 Å². The molecular weight excluding hydrogens is 677 g/mol. The Morgan fingerprint density at radius 3 is 1.39 bits per heavy atom. The van der Waals surface area contributed by atoms with Crippen molar-refractivity contribution in [3.05, 3.63) is 166 Å². The first kappa shape index (κ1) is 36.6. The number of nitrogens with zero attached hydrogens (tertiary/aromatic N) is 3. The van der Waals surface area contributed by atoms with Crippen LogP contribution < -0.4 is 5.73 Å². The van der Waals surface area contributed by atoms with Crippen LogP contribution in [0, 0.1) is 11.8 Å². The van der Waals surface area contributed by atoms with E-state index in [-0.39, 0.29) is 0 Å². The molecule has 0 amide bonds. The molecule has 4 aliphatic heterocycles. The molecule has 54 heavy (non-hydrogen) atoms. The fourth-order valence-corrected chi connectivity index (χ4v) is 5.75. The number of hydrogen-bond donors (Lipinski definition) is 1. The SMILES string of the molecule is Nc1ccc(-c2ccc(-c3ccc(C#Cc4cc5nc(c4)COCc4ccc(cc4)COCCOCCOCc4ccc(cc4)COC5)cn3)nc2)cc1. The van der Waals surface area contributed by atoms with Crippen LogP contribution in [0.15, 0.2) is 122 Å². The topological polar surface area (TPSA) is 111 Å². The summed E-state index contributed by atoms with van der Waals surface area (Å²) in [6, 6.07) is 36.0. The summed E-state index contributed by atoms with van der Waals surface area (Å²) >= 11 is 0. The van der Waals surface area contributed by atoms with Gasteiger partial charge < -0.3 is 29.4 Å². The van der Waals surface area contributed by atoms with Gasteiger partial charge in [-0.05, 0) is 70.3 Å². The van der Waals surface area contributed by atoms with Crippen molar-refractivity contribution in [3.63, 3.8) is 0 Å². The van der Waals surface area contributed by atoms with E-state index in [0.717, 1.165) is 73.0 Å². The van der Waals surface area contributed by atoms with Crippen molar-refractivity contribution < 1.29 is 23.7 Å². The van der Waals surface area contributed by atoms with Crippen molar-refractivity contribution >= 4 is 5.69 Å². The normalized spacial score (nSPS) is 14.6. The molecule has 0 fully saturated rings. The lowest BCUT2D eigenvalue weighted by Crippen LogP contribution is -2.09. The molecule has 6 aromatic rings. The highest BCUT2D eigenvalue weighted by molar-refractivity contribution is 5.67. The first-order chi connectivity index (χ1) is 26.6. The maximum absolute atomic E-state index is 6.11. The molecule has 272 valence electrons. The molecule has 9 nitrogen and oxygen atoms in total. The third kappa shape index (κ3) is 10.9. The lowest BCUT2D eigenvalue weighted by atomic mass is 10.1. The Bertz CT molecular complexity index is 2070. The largest absolute Gasteiger partial charge is 0.399 e. The maximum atomic E-state index is 6.11. The molecule has 0 atom stereocenters. The van der Waals surface area contributed by atoms with E-state index in [1.54, 1.807) is 6.20 Å². The van der Waals surface area contributed by atoms with Gasteiger partial charge in [0.2, 0.25) is 0 Å². The fourth-order valence-electron chi connectivity index (χ4n) is 5.75. The molecule has 3 aromatic heterocycles. The first-order valence-corrected chi connectivity index (χ1v) is 18.0. The lowest BCUT2D eigenvalue weighted by molar-refractivity contribution is 0.00702. The second-order valence-electron chi connectivity index (χ2n) is 12.9. The maximum Gasteiger partial charge on any atom is 0.0893 e. The zero-order valence-electron chi connectivity index (χ0n) is 30.1. The summed E-state index contributed by atoms with van der Waals surface area (Å²) in [4.78, 5) is 14.1. The molecule has 0 aliphatic carbocycles. The van der Waals surface area contributed by atoms with E-state index in [1.165, 1.54) is 0 Å². The second kappa shape index (κ2) is 18.9. The molecule has 0 saturated heterocycles. The molecule has 2 N–H and O–H groups in total. The average Bonchev–Trinajstić information content (AvgIpc) is 3.21. The Balaban J connectivity index is 1.04. The summed E-state index contributed by atoms with van der Waals surface area (Å²) in [5, 5.41) is 0. The Labute approximate surface area is 316 Å². The molecule has 4 aliphatic rings. The molecule has 6 bridgehead atoms. The number of ether oxygens (including phenoxy) is 5. The molecule has 9 heteroatoms. The third-order valence-electron chi connectivity index (χ3n) is 8.68. The van der Waals surface area contributed by atoms with Gasteiger partial charge in [0, 0.05) is 34.8 Å². The number of benzene rings is 3. The smallest absolute Gasteiger partial charge is 0.0893 e. The van der Waals surface area contributed by atoms with Gasteiger partial charge in [-0.1, -0.05) is 78.6 Å². The number of nitrogen functional groups attached to an aromatic ring is 1. The van der Waals surface area contributed by atoms with Gasteiger partial charge in [-0.3, -0.25) is 15.0 Å². The van der Waals surface area contributed by atoms with Crippen molar-refractivity contribution in [3.8, 4) is 34.4 Å². The highest BCUT2D eigenvalue weighted by Crippen LogP contribution is 2.23. The predicted octanol–water partition coefficient (Wildman–Crippen LogP) is 7.68. The first-order valence-electron chi connectivity index (χ1n) is 18.0. The average molecular weight is 719 g/mol. The van der Waals surface area contributed by atoms with Crippen LogP contribution in [-0.2, 0) is 63.3 Å². The minimum atomic E-state index is 0.331. The van der Waals surface area contributed by atoms with Crippen molar-refractivity contribution in [2.24, 2.45) is 0 Å². The predicted molar refractivity (Wildman–Crippen MR) is 208 cm³/mol. The number of hydrogen-bond acceptors (Lipinski definition) is 9. The van der Waals surface area contributed by atoms with Crippen LogP contribution in [0.4, 0.5) is 5.69 Å². The summed E-state index contributed by atoms with van der Waals surface area (Å²) in [5.74, 6) is 6.56. The van der Waals surface area contributed by atoms with Gasteiger partial charge in [-0.15, -0.1) is 0 Å². The molecule has 7 heterocycles. The van der Waals surface area contributed by atoms with E-state index in [4.69, 9.17) is 34.4 Å².